The number of aliphatic imine (C=N–C) groups is 1. The molecule has 2 aromatic carbocycles. The Balaban J connectivity index is 0.00000243. The fourth-order valence-electron chi connectivity index (χ4n) is 2.36. The minimum atomic E-state index is 0. The zero-order valence-electron chi connectivity index (χ0n) is 14.3. The summed E-state index contributed by atoms with van der Waals surface area (Å²) in [5, 5.41) is 15.4. The fraction of sp³-hybridized carbons (Fsp3) is 0.167. The first-order valence-corrected chi connectivity index (χ1v) is 8.27. The molecule has 3 aromatic rings. The van der Waals surface area contributed by atoms with Gasteiger partial charge in [-0.3, -0.25) is 9.56 Å². The Morgan fingerprint density at radius 2 is 1.73 bits per heavy atom. The Morgan fingerprint density at radius 1 is 1.04 bits per heavy atom. The molecular weight excluding hydrogens is 463 g/mol. The van der Waals surface area contributed by atoms with Crippen LogP contribution >= 0.6 is 35.6 Å². The predicted molar refractivity (Wildman–Crippen MR) is 115 cm³/mol. The third kappa shape index (κ3) is 5.43. The molecule has 0 atom stereocenters. The van der Waals surface area contributed by atoms with E-state index in [2.05, 4.69) is 25.8 Å². The first kappa shape index (κ1) is 20.2. The average Bonchev–Trinajstić information content (AvgIpc) is 3.12. The van der Waals surface area contributed by atoms with Crippen LogP contribution in [0.3, 0.4) is 0 Å². The SMILES string of the molecule is CN=C(NCc1ccc(Cl)cc1)NCc1nncn1-c1ccccc1.I. The minimum Gasteiger partial charge on any atom is -0.352 e. The van der Waals surface area contributed by atoms with Gasteiger partial charge in [0.25, 0.3) is 0 Å². The third-order valence-corrected chi connectivity index (χ3v) is 3.92. The van der Waals surface area contributed by atoms with Gasteiger partial charge < -0.3 is 10.6 Å². The lowest BCUT2D eigenvalue weighted by Gasteiger charge is -2.12. The lowest BCUT2D eigenvalue weighted by atomic mass is 10.2. The molecule has 6 nitrogen and oxygen atoms in total. The Labute approximate surface area is 174 Å². The number of nitrogens with one attached hydrogen (secondary N) is 2. The smallest absolute Gasteiger partial charge is 0.191 e. The molecule has 1 aromatic heterocycles. The lowest BCUT2D eigenvalue weighted by Crippen LogP contribution is -2.36. The van der Waals surface area contributed by atoms with Crippen molar-refractivity contribution < 1.29 is 0 Å². The number of aromatic nitrogens is 3. The van der Waals surface area contributed by atoms with Crippen LogP contribution in [0.4, 0.5) is 0 Å². The van der Waals surface area contributed by atoms with E-state index < -0.39 is 0 Å². The van der Waals surface area contributed by atoms with Crippen molar-refractivity contribution in [1.82, 2.24) is 25.4 Å². The highest BCUT2D eigenvalue weighted by Crippen LogP contribution is 2.10. The monoisotopic (exact) mass is 482 g/mol. The van der Waals surface area contributed by atoms with Crippen molar-refractivity contribution in [3.8, 4) is 5.69 Å². The molecule has 0 aliphatic rings. The van der Waals surface area contributed by atoms with Gasteiger partial charge in [-0.1, -0.05) is 41.9 Å². The summed E-state index contributed by atoms with van der Waals surface area (Å²) < 4.78 is 1.94. The van der Waals surface area contributed by atoms with E-state index in [1.54, 1.807) is 13.4 Å². The van der Waals surface area contributed by atoms with Crippen molar-refractivity contribution in [3.05, 3.63) is 77.3 Å². The number of hydrogen-bond acceptors (Lipinski definition) is 3. The molecule has 0 radical (unpaired) electrons. The van der Waals surface area contributed by atoms with E-state index in [9.17, 15) is 0 Å². The molecule has 136 valence electrons. The van der Waals surface area contributed by atoms with Crippen molar-refractivity contribution in [2.45, 2.75) is 13.1 Å². The second-order valence-electron chi connectivity index (χ2n) is 5.36. The highest BCUT2D eigenvalue weighted by atomic mass is 127. The van der Waals surface area contributed by atoms with Crippen molar-refractivity contribution in [3.63, 3.8) is 0 Å². The number of rotatable bonds is 5. The average molecular weight is 483 g/mol. The lowest BCUT2D eigenvalue weighted by molar-refractivity contribution is 0.754. The molecule has 0 aliphatic carbocycles. The van der Waals surface area contributed by atoms with Gasteiger partial charge in [-0.25, -0.2) is 0 Å². The van der Waals surface area contributed by atoms with Crippen molar-refractivity contribution in [2.75, 3.05) is 7.05 Å². The van der Waals surface area contributed by atoms with Gasteiger partial charge in [-0.15, -0.1) is 34.2 Å². The van der Waals surface area contributed by atoms with Gasteiger partial charge in [-0.2, -0.15) is 0 Å². The first-order chi connectivity index (χ1) is 12.3. The maximum atomic E-state index is 5.90. The number of guanidine groups is 1. The van der Waals surface area contributed by atoms with Crippen LogP contribution < -0.4 is 10.6 Å². The number of nitrogens with zero attached hydrogens (tertiary/aromatic N) is 4. The van der Waals surface area contributed by atoms with Crippen molar-refractivity contribution in [1.29, 1.82) is 0 Å². The molecule has 0 saturated carbocycles. The molecule has 0 spiro atoms. The third-order valence-electron chi connectivity index (χ3n) is 3.66. The minimum absolute atomic E-state index is 0. The normalized spacial score (nSPS) is 10.9. The second-order valence-corrected chi connectivity index (χ2v) is 5.79. The maximum absolute atomic E-state index is 5.90. The summed E-state index contributed by atoms with van der Waals surface area (Å²) in [4.78, 5) is 4.23. The van der Waals surface area contributed by atoms with Crippen molar-refractivity contribution in [2.24, 2.45) is 4.99 Å². The summed E-state index contributed by atoms with van der Waals surface area (Å²) >= 11 is 5.90. The van der Waals surface area contributed by atoms with Gasteiger partial charge >= 0.3 is 0 Å². The number of para-hydroxylation sites is 1. The molecule has 1 heterocycles. The summed E-state index contributed by atoms with van der Waals surface area (Å²) in [5.41, 5.74) is 2.15. The van der Waals surface area contributed by atoms with Gasteiger partial charge in [0.05, 0.1) is 6.54 Å². The molecule has 0 saturated heterocycles. The molecule has 3 rings (SSSR count). The molecule has 0 bridgehead atoms. The summed E-state index contributed by atoms with van der Waals surface area (Å²) in [5.74, 6) is 1.50. The van der Waals surface area contributed by atoms with E-state index in [0.717, 1.165) is 22.1 Å². The largest absolute Gasteiger partial charge is 0.352 e. The van der Waals surface area contributed by atoms with Crippen molar-refractivity contribution >= 4 is 41.5 Å². The fourth-order valence-corrected chi connectivity index (χ4v) is 2.48. The molecule has 0 amide bonds. The van der Waals surface area contributed by atoms with E-state index in [-0.39, 0.29) is 24.0 Å². The quantitative estimate of drug-likeness (QED) is 0.332. The highest BCUT2D eigenvalue weighted by Gasteiger charge is 2.07. The molecule has 0 unspecified atom stereocenters. The summed E-state index contributed by atoms with van der Waals surface area (Å²) in [7, 11) is 1.74. The van der Waals surface area contributed by atoms with Gasteiger partial charge in [0.15, 0.2) is 11.8 Å². The van der Waals surface area contributed by atoms with Crippen LogP contribution in [0.5, 0.6) is 0 Å². The first-order valence-electron chi connectivity index (χ1n) is 7.89. The Morgan fingerprint density at radius 3 is 2.42 bits per heavy atom. The summed E-state index contributed by atoms with van der Waals surface area (Å²) in [6, 6.07) is 17.7. The zero-order chi connectivity index (χ0) is 17.5. The van der Waals surface area contributed by atoms with Gasteiger partial charge in [0.2, 0.25) is 0 Å². The predicted octanol–water partition coefficient (Wildman–Crippen LogP) is 3.40. The molecule has 8 heteroatoms. The van der Waals surface area contributed by atoms with Crippen LogP contribution in [-0.2, 0) is 13.1 Å². The van der Waals surface area contributed by atoms with Crippen LogP contribution in [0, 0.1) is 0 Å². The Hall–Kier alpha value is -2.13. The molecule has 26 heavy (non-hydrogen) atoms. The molecular formula is C18H20ClIN6. The molecule has 2 N–H and O–H groups in total. The van der Waals surface area contributed by atoms with Crippen LogP contribution in [0.25, 0.3) is 5.69 Å². The van der Waals surface area contributed by atoms with Gasteiger partial charge in [-0.05, 0) is 29.8 Å². The summed E-state index contributed by atoms with van der Waals surface area (Å²) in [6.07, 6.45) is 1.70. The number of hydrogen-bond donors (Lipinski definition) is 2. The van der Waals surface area contributed by atoms with Crippen LogP contribution in [0.15, 0.2) is 65.9 Å². The number of benzene rings is 2. The van der Waals surface area contributed by atoms with Gasteiger partial charge in [0.1, 0.15) is 6.33 Å². The van der Waals surface area contributed by atoms with E-state index in [1.807, 2.05) is 59.2 Å². The number of halogens is 2. The Bertz CT molecular complexity index is 832. The highest BCUT2D eigenvalue weighted by molar-refractivity contribution is 14.0. The molecule has 0 aliphatic heterocycles. The van der Waals surface area contributed by atoms with Crippen LogP contribution in [-0.4, -0.2) is 27.8 Å². The van der Waals surface area contributed by atoms with Crippen LogP contribution in [0.2, 0.25) is 5.02 Å². The van der Waals surface area contributed by atoms with E-state index in [0.29, 0.717) is 19.0 Å². The standard InChI is InChI=1S/C18H19ClN6.HI/c1-20-18(21-11-14-7-9-15(19)10-8-14)22-12-17-24-23-13-25(17)16-5-3-2-4-6-16;/h2-10,13H,11-12H2,1H3,(H2,20,21,22);1H. The Kier molecular flexibility index (Phi) is 7.86. The van der Waals surface area contributed by atoms with E-state index >= 15 is 0 Å². The van der Waals surface area contributed by atoms with E-state index in [1.165, 1.54) is 0 Å². The van der Waals surface area contributed by atoms with Crippen LogP contribution in [0.1, 0.15) is 11.4 Å². The van der Waals surface area contributed by atoms with E-state index in [4.69, 9.17) is 11.6 Å². The molecule has 0 fully saturated rings. The topological polar surface area (TPSA) is 67.1 Å². The zero-order valence-corrected chi connectivity index (χ0v) is 17.3. The second kappa shape index (κ2) is 10.1. The maximum Gasteiger partial charge on any atom is 0.191 e. The summed E-state index contributed by atoms with van der Waals surface area (Å²) in [6.45, 7) is 1.16. The van der Waals surface area contributed by atoms with Gasteiger partial charge in [0, 0.05) is 24.3 Å².